The summed E-state index contributed by atoms with van der Waals surface area (Å²) in [6.45, 7) is 1.93. The number of aliphatic imine (C=N–C) groups is 1. The molecule has 2 amide bonds. The predicted octanol–water partition coefficient (Wildman–Crippen LogP) is 4.12. The van der Waals surface area contributed by atoms with E-state index >= 15 is 0 Å². The van der Waals surface area contributed by atoms with Crippen LogP contribution in [0, 0.1) is 6.92 Å². The maximum atomic E-state index is 12.6. The Kier molecular flexibility index (Phi) is 6.22. The van der Waals surface area contributed by atoms with Crippen LogP contribution in [0.25, 0.3) is 22.5 Å². The number of fused-ring (bicyclic) bond motifs is 1. The Labute approximate surface area is 227 Å². The number of nitrogens with zero attached hydrogens (tertiary/aromatic N) is 4. The summed E-state index contributed by atoms with van der Waals surface area (Å²) >= 11 is 1.07. The number of carbonyl (C=O) groups is 2. The Balaban J connectivity index is 1.16. The Bertz CT molecular complexity index is 1790. The highest BCUT2D eigenvalue weighted by molar-refractivity contribution is 8.18. The fraction of sp³-hybridized carbons (Fsp3) is 0.0345. The second kappa shape index (κ2) is 9.99. The van der Waals surface area contributed by atoms with Gasteiger partial charge in [-0.15, -0.1) is 0 Å². The predicted molar refractivity (Wildman–Crippen MR) is 153 cm³/mol. The van der Waals surface area contributed by atoms with Crippen LogP contribution < -0.4 is 16.3 Å². The van der Waals surface area contributed by atoms with Crippen molar-refractivity contribution in [1.29, 1.82) is 0 Å². The average molecular weight is 533 g/mol. The smallest absolute Gasteiger partial charge is 0.287 e. The molecule has 0 fully saturated rings. The van der Waals surface area contributed by atoms with Gasteiger partial charge in [0.1, 0.15) is 0 Å². The third kappa shape index (κ3) is 4.80. The summed E-state index contributed by atoms with van der Waals surface area (Å²) in [6, 6.07) is 25.6. The molecule has 10 heteroatoms. The van der Waals surface area contributed by atoms with E-state index in [1.165, 1.54) is 10.7 Å². The zero-order valence-electron chi connectivity index (χ0n) is 20.6. The van der Waals surface area contributed by atoms with Crippen LogP contribution in [0.5, 0.6) is 0 Å². The van der Waals surface area contributed by atoms with Crippen molar-refractivity contribution in [1.82, 2.24) is 15.2 Å². The van der Waals surface area contributed by atoms with Gasteiger partial charge in [0.2, 0.25) is 0 Å². The van der Waals surface area contributed by atoms with Crippen molar-refractivity contribution in [3.63, 3.8) is 0 Å². The van der Waals surface area contributed by atoms with E-state index in [1.54, 1.807) is 36.5 Å². The number of amidine groups is 1. The van der Waals surface area contributed by atoms with E-state index in [-0.39, 0.29) is 21.5 Å². The maximum absolute atomic E-state index is 12.6. The largest absolute Gasteiger partial charge is 0.321 e. The van der Waals surface area contributed by atoms with Gasteiger partial charge in [-0.25, -0.2) is 0 Å². The van der Waals surface area contributed by atoms with Gasteiger partial charge < -0.3 is 5.32 Å². The number of hydrogen-bond acceptors (Lipinski definition) is 7. The lowest BCUT2D eigenvalue weighted by atomic mass is 10.0. The molecule has 0 bridgehead atoms. The van der Waals surface area contributed by atoms with E-state index in [4.69, 9.17) is 0 Å². The van der Waals surface area contributed by atoms with Crippen molar-refractivity contribution in [2.24, 2.45) is 10.1 Å². The summed E-state index contributed by atoms with van der Waals surface area (Å²) < 4.78 is 1.35. The van der Waals surface area contributed by atoms with Gasteiger partial charge >= 0.3 is 0 Å². The zero-order valence-corrected chi connectivity index (χ0v) is 21.4. The molecular formula is C29H20N6O3S. The number of aryl methyl sites for hydroxylation is 1. The number of benzene rings is 3. The SMILES string of the molecule is Cc1ccc2c(c1)/C(=C1\SC(N/N=C\c3ccc(-n4nc(-c5ccccc5)ccc4=O)cc3)=NC1=O)C(=O)N2. The van der Waals surface area contributed by atoms with Gasteiger partial charge in [-0.1, -0.05) is 54.1 Å². The molecule has 39 heavy (non-hydrogen) atoms. The minimum atomic E-state index is -0.489. The van der Waals surface area contributed by atoms with E-state index < -0.39 is 5.91 Å². The van der Waals surface area contributed by atoms with E-state index in [1.807, 2.05) is 55.5 Å². The van der Waals surface area contributed by atoms with Crippen LogP contribution in [0.3, 0.4) is 0 Å². The monoisotopic (exact) mass is 532 g/mol. The highest BCUT2D eigenvalue weighted by Crippen LogP contribution is 2.40. The van der Waals surface area contributed by atoms with E-state index in [2.05, 4.69) is 25.9 Å². The second-order valence-electron chi connectivity index (χ2n) is 8.83. The lowest BCUT2D eigenvalue weighted by Gasteiger charge is -2.07. The van der Waals surface area contributed by atoms with Crippen LogP contribution >= 0.6 is 11.8 Å². The quantitative estimate of drug-likeness (QED) is 0.232. The fourth-order valence-corrected chi connectivity index (χ4v) is 5.10. The Morgan fingerprint density at radius 3 is 2.54 bits per heavy atom. The third-order valence-corrected chi connectivity index (χ3v) is 7.08. The van der Waals surface area contributed by atoms with Crippen molar-refractivity contribution in [3.05, 3.63) is 117 Å². The van der Waals surface area contributed by atoms with Crippen LogP contribution in [0.2, 0.25) is 0 Å². The Morgan fingerprint density at radius 1 is 0.949 bits per heavy atom. The number of hydrazone groups is 1. The maximum Gasteiger partial charge on any atom is 0.287 e. The molecule has 0 saturated carbocycles. The molecule has 2 aliphatic heterocycles. The number of thioether (sulfide) groups is 1. The lowest BCUT2D eigenvalue weighted by Crippen LogP contribution is -2.20. The first-order valence-corrected chi connectivity index (χ1v) is 12.8. The topological polar surface area (TPSA) is 118 Å². The van der Waals surface area contributed by atoms with E-state index in [0.717, 1.165) is 28.5 Å². The van der Waals surface area contributed by atoms with Gasteiger partial charge in [0, 0.05) is 22.9 Å². The standard InChI is InChI=1S/C29H20N6O3S/c1-17-7-12-23-21(15-17)25(27(37)31-23)26-28(38)32-29(39-26)33-30-16-18-8-10-20(11-9-18)35-24(36)14-13-22(34-35)19-5-3-2-4-6-19/h2-16H,1H3,(H,31,37)(H,32,33,38)/b26-25+,30-16-. The Hall–Kier alpha value is -5.09. The summed E-state index contributed by atoms with van der Waals surface area (Å²) in [6.07, 6.45) is 1.57. The van der Waals surface area contributed by atoms with Crippen molar-refractivity contribution in [2.45, 2.75) is 6.92 Å². The molecule has 1 aromatic heterocycles. The van der Waals surface area contributed by atoms with Crippen LogP contribution in [0.1, 0.15) is 16.7 Å². The molecule has 0 spiro atoms. The minimum Gasteiger partial charge on any atom is -0.321 e. The van der Waals surface area contributed by atoms with Gasteiger partial charge in [0.05, 0.1) is 28.1 Å². The normalized spacial score (nSPS) is 16.4. The van der Waals surface area contributed by atoms with E-state index in [0.29, 0.717) is 28.2 Å². The zero-order chi connectivity index (χ0) is 26.9. The molecule has 3 aromatic carbocycles. The number of anilines is 1. The summed E-state index contributed by atoms with van der Waals surface area (Å²) in [5, 5.41) is 11.8. The number of amides is 2. The first-order valence-electron chi connectivity index (χ1n) is 12.0. The van der Waals surface area contributed by atoms with Crippen molar-refractivity contribution < 1.29 is 9.59 Å². The number of hydrogen-bond donors (Lipinski definition) is 2. The molecule has 0 unspecified atom stereocenters. The molecule has 9 nitrogen and oxygen atoms in total. The number of rotatable bonds is 4. The third-order valence-electron chi connectivity index (χ3n) is 6.12. The first-order chi connectivity index (χ1) is 19.0. The van der Waals surface area contributed by atoms with Gasteiger partial charge in [-0.3, -0.25) is 19.8 Å². The van der Waals surface area contributed by atoms with Crippen LogP contribution in [-0.2, 0) is 9.59 Å². The van der Waals surface area contributed by atoms with Crippen LogP contribution in [-0.4, -0.2) is 33.0 Å². The summed E-state index contributed by atoms with van der Waals surface area (Å²) in [5.74, 6) is -0.813. The molecule has 6 rings (SSSR count). The van der Waals surface area contributed by atoms with Crippen molar-refractivity contribution in [3.8, 4) is 16.9 Å². The van der Waals surface area contributed by atoms with E-state index in [9.17, 15) is 14.4 Å². The Morgan fingerprint density at radius 2 is 1.74 bits per heavy atom. The summed E-state index contributed by atoms with van der Waals surface area (Å²) in [7, 11) is 0. The summed E-state index contributed by atoms with van der Waals surface area (Å²) in [5.41, 5.74) is 8.19. The van der Waals surface area contributed by atoms with Gasteiger partial charge in [0.25, 0.3) is 17.4 Å². The van der Waals surface area contributed by atoms with Crippen LogP contribution in [0.4, 0.5) is 5.69 Å². The van der Waals surface area contributed by atoms with Gasteiger partial charge in [-0.05, 0) is 54.6 Å². The molecule has 190 valence electrons. The summed E-state index contributed by atoms with van der Waals surface area (Å²) in [4.78, 5) is 41.9. The molecule has 0 aliphatic carbocycles. The number of aromatic nitrogens is 2. The van der Waals surface area contributed by atoms with Gasteiger partial charge in [0.15, 0.2) is 5.17 Å². The van der Waals surface area contributed by atoms with Crippen molar-refractivity contribution in [2.75, 3.05) is 5.32 Å². The lowest BCUT2D eigenvalue weighted by molar-refractivity contribution is -0.114. The van der Waals surface area contributed by atoms with Gasteiger partial charge in [-0.2, -0.15) is 19.9 Å². The molecular weight excluding hydrogens is 512 g/mol. The first kappa shape index (κ1) is 24.3. The molecule has 2 N–H and O–H groups in total. The molecule has 4 aromatic rings. The number of nitrogens with one attached hydrogen (secondary N) is 2. The second-order valence-corrected chi connectivity index (χ2v) is 9.83. The average Bonchev–Trinajstić information content (AvgIpc) is 3.47. The fourth-order valence-electron chi connectivity index (χ4n) is 4.24. The molecule has 3 heterocycles. The van der Waals surface area contributed by atoms with Crippen molar-refractivity contribution >= 4 is 46.2 Å². The number of carbonyl (C=O) groups excluding carboxylic acids is 2. The highest BCUT2D eigenvalue weighted by atomic mass is 32.2. The molecule has 0 radical (unpaired) electrons. The van der Waals surface area contributed by atoms with Crippen LogP contribution in [0.15, 0.2) is 105 Å². The molecule has 2 aliphatic rings. The molecule has 0 atom stereocenters. The molecule has 0 saturated heterocycles. The highest BCUT2D eigenvalue weighted by Gasteiger charge is 2.34. The minimum absolute atomic E-state index is 0.239.